The first-order chi connectivity index (χ1) is 13.3. The zero-order valence-electron chi connectivity index (χ0n) is 15.6. The number of carbonyl (C=O) groups excluding carboxylic acids is 2. The van der Waals surface area contributed by atoms with Gasteiger partial charge in [-0.2, -0.15) is 0 Å². The number of ether oxygens (including phenoxy) is 2. The Morgan fingerprint density at radius 2 is 2.00 bits per heavy atom. The molecule has 28 heavy (non-hydrogen) atoms. The van der Waals surface area contributed by atoms with Crippen molar-refractivity contribution in [1.29, 1.82) is 0 Å². The van der Waals surface area contributed by atoms with Gasteiger partial charge in [0.2, 0.25) is 0 Å². The lowest BCUT2D eigenvalue weighted by molar-refractivity contribution is -0.135. The third kappa shape index (κ3) is 3.31. The number of benzene rings is 2. The van der Waals surface area contributed by atoms with Gasteiger partial charge in [0.15, 0.2) is 11.4 Å². The lowest BCUT2D eigenvalue weighted by Gasteiger charge is -2.22. The average molecular weight is 446 g/mol. The summed E-state index contributed by atoms with van der Waals surface area (Å²) in [4.78, 5) is 27.4. The first-order valence-corrected chi connectivity index (χ1v) is 9.35. The van der Waals surface area contributed by atoms with Gasteiger partial charge in [0, 0.05) is 22.6 Å². The molecule has 1 N–H and O–H groups in total. The molecule has 0 aliphatic carbocycles. The van der Waals surface area contributed by atoms with Crippen LogP contribution in [0, 0.1) is 0 Å². The monoisotopic (exact) mass is 445 g/mol. The first-order valence-electron chi connectivity index (χ1n) is 8.56. The van der Waals surface area contributed by atoms with Crippen LogP contribution in [0.1, 0.15) is 22.3 Å². The van der Waals surface area contributed by atoms with E-state index in [0.717, 1.165) is 0 Å². The Morgan fingerprint density at radius 1 is 1.25 bits per heavy atom. The summed E-state index contributed by atoms with van der Waals surface area (Å²) in [6.07, 6.45) is 1.16. The Kier molecular flexibility index (Phi) is 5.58. The van der Waals surface area contributed by atoms with Crippen LogP contribution in [-0.4, -0.2) is 37.6 Å². The van der Waals surface area contributed by atoms with Crippen LogP contribution in [0.25, 0.3) is 0 Å². The fourth-order valence-electron chi connectivity index (χ4n) is 3.36. The average Bonchev–Trinajstić information content (AvgIpc) is 2.89. The molecule has 7 heteroatoms. The normalized spacial score (nSPS) is 18.0. The Hall–Kier alpha value is -2.64. The summed E-state index contributed by atoms with van der Waals surface area (Å²) in [6, 6.07) is 9.95. The molecule has 1 atom stereocenters. The Labute approximate surface area is 171 Å². The molecular weight excluding hydrogens is 426 g/mol. The molecule has 0 radical (unpaired) electrons. The molecule has 0 unspecified atom stereocenters. The van der Waals surface area contributed by atoms with Crippen molar-refractivity contribution in [2.24, 2.45) is 0 Å². The molecule has 2 aromatic rings. The highest BCUT2D eigenvalue weighted by atomic mass is 79.9. The number of halogens is 1. The predicted molar refractivity (Wildman–Crippen MR) is 109 cm³/mol. The van der Waals surface area contributed by atoms with Gasteiger partial charge in [-0.1, -0.05) is 22.0 Å². The smallest absolute Gasteiger partial charge is 0.264 e. The van der Waals surface area contributed by atoms with Crippen LogP contribution in [0.3, 0.4) is 0 Å². The molecule has 1 amide bonds. The summed E-state index contributed by atoms with van der Waals surface area (Å²) in [5.74, 6) is -0.116. The van der Waals surface area contributed by atoms with Gasteiger partial charge in [-0.25, -0.2) is 0 Å². The van der Waals surface area contributed by atoms with Gasteiger partial charge < -0.3 is 19.5 Å². The molecule has 0 aromatic heterocycles. The van der Waals surface area contributed by atoms with Gasteiger partial charge in [0.05, 0.1) is 31.9 Å². The van der Waals surface area contributed by atoms with Crippen LogP contribution in [-0.2, 0) is 10.4 Å². The zero-order valence-corrected chi connectivity index (χ0v) is 17.2. The topological polar surface area (TPSA) is 76.1 Å². The van der Waals surface area contributed by atoms with Crippen LogP contribution in [0.5, 0.6) is 11.5 Å². The number of anilines is 1. The van der Waals surface area contributed by atoms with E-state index in [4.69, 9.17) is 9.47 Å². The lowest BCUT2D eigenvalue weighted by Crippen LogP contribution is -2.42. The quantitative estimate of drug-likeness (QED) is 0.521. The largest absolute Gasteiger partial charge is 0.497 e. The second kappa shape index (κ2) is 7.77. The highest BCUT2D eigenvalue weighted by molar-refractivity contribution is 9.10. The van der Waals surface area contributed by atoms with Crippen LogP contribution in [0.4, 0.5) is 5.69 Å². The number of amides is 1. The maximum Gasteiger partial charge on any atom is 0.264 e. The van der Waals surface area contributed by atoms with Crippen LogP contribution in [0.15, 0.2) is 53.5 Å². The third-order valence-electron chi connectivity index (χ3n) is 4.73. The Bertz CT molecular complexity index is 958. The van der Waals surface area contributed by atoms with Crippen LogP contribution in [0.2, 0.25) is 0 Å². The second-order valence-electron chi connectivity index (χ2n) is 6.39. The van der Waals surface area contributed by atoms with Crippen molar-refractivity contribution in [3.63, 3.8) is 0 Å². The molecule has 1 heterocycles. The molecule has 0 fully saturated rings. The number of nitrogens with zero attached hydrogens (tertiary/aromatic N) is 1. The summed E-state index contributed by atoms with van der Waals surface area (Å²) < 4.78 is 11.1. The highest BCUT2D eigenvalue weighted by Gasteiger charge is 2.50. The number of hydrogen-bond donors (Lipinski definition) is 1. The molecule has 146 valence electrons. The number of fused-ring (bicyclic) bond motifs is 1. The summed E-state index contributed by atoms with van der Waals surface area (Å²) in [5, 5.41) is 11.3. The van der Waals surface area contributed by atoms with Gasteiger partial charge in [-0.15, -0.1) is 6.58 Å². The van der Waals surface area contributed by atoms with Crippen LogP contribution >= 0.6 is 15.9 Å². The summed E-state index contributed by atoms with van der Waals surface area (Å²) >= 11 is 3.37. The van der Waals surface area contributed by atoms with Crippen molar-refractivity contribution in [3.8, 4) is 11.5 Å². The molecule has 0 spiro atoms. The minimum atomic E-state index is -1.97. The molecule has 0 bridgehead atoms. The van der Waals surface area contributed by atoms with E-state index in [-0.39, 0.29) is 12.1 Å². The maximum atomic E-state index is 13.0. The van der Waals surface area contributed by atoms with Gasteiger partial charge in [-0.05, 0) is 30.3 Å². The molecule has 0 saturated carbocycles. The summed E-state index contributed by atoms with van der Waals surface area (Å²) in [5.41, 5.74) is -0.757. The van der Waals surface area contributed by atoms with E-state index in [1.54, 1.807) is 42.5 Å². The van der Waals surface area contributed by atoms with E-state index in [9.17, 15) is 14.7 Å². The number of hydrogen-bond acceptors (Lipinski definition) is 5. The maximum absolute atomic E-state index is 13.0. The molecule has 2 aromatic carbocycles. The molecule has 6 nitrogen and oxygen atoms in total. The molecule has 0 saturated heterocycles. The number of ketones is 1. The zero-order chi connectivity index (χ0) is 20.5. The predicted octanol–water partition coefficient (Wildman–Crippen LogP) is 3.46. The van der Waals surface area contributed by atoms with E-state index in [1.165, 1.54) is 19.1 Å². The van der Waals surface area contributed by atoms with Crippen molar-refractivity contribution < 1.29 is 24.2 Å². The SMILES string of the molecule is C=CCN1C(=O)[C@@](O)(CC(=O)c2ccc(OC)cc2OC)c2cc(Br)ccc21. The van der Waals surface area contributed by atoms with Crippen molar-refractivity contribution in [3.05, 3.63) is 64.7 Å². The second-order valence-corrected chi connectivity index (χ2v) is 7.31. The molecule has 3 rings (SSSR count). The van der Waals surface area contributed by atoms with E-state index >= 15 is 0 Å². The minimum absolute atomic E-state index is 0.232. The number of methoxy groups -OCH3 is 2. The van der Waals surface area contributed by atoms with Crippen molar-refractivity contribution in [2.45, 2.75) is 12.0 Å². The Balaban J connectivity index is 2.02. The van der Waals surface area contributed by atoms with E-state index in [0.29, 0.717) is 27.2 Å². The number of carbonyl (C=O) groups is 2. The Morgan fingerprint density at radius 3 is 2.64 bits per heavy atom. The van der Waals surface area contributed by atoms with Crippen molar-refractivity contribution >= 4 is 33.3 Å². The van der Waals surface area contributed by atoms with E-state index in [1.807, 2.05) is 0 Å². The van der Waals surface area contributed by atoms with Crippen molar-refractivity contribution in [2.75, 3.05) is 25.7 Å². The molecule has 1 aliphatic heterocycles. The van der Waals surface area contributed by atoms with Crippen molar-refractivity contribution in [1.82, 2.24) is 0 Å². The fourth-order valence-corrected chi connectivity index (χ4v) is 3.72. The summed E-state index contributed by atoms with van der Waals surface area (Å²) in [6.45, 7) is 3.90. The van der Waals surface area contributed by atoms with Gasteiger partial charge in [0.1, 0.15) is 11.5 Å². The van der Waals surface area contributed by atoms with Crippen LogP contribution < -0.4 is 14.4 Å². The van der Waals surface area contributed by atoms with E-state index in [2.05, 4.69) is 22.5 Å². The van der Waals surface area contributed by atoms with Gasteiger partial charge in [0.25, 0.3) is 5.91 Å². The fraction of sp³-hybridized carbons (Fsp3) is 0.238. The highest BCUT2D eigenvalue weighted by Crippen LogP contribution is 2.44. The molecular formula is C21H20BrNO5. The number of rotatable bonds is 7. The third-order valence-corrected chi connectivity index (χ3v) is 5.22. The van der Waals surface area contributed by atoms with E-state index < -0.39 is 23.7 Å². The number of aliphatic hydroxyl groups is 1. The standard InChI is InChI=1S/C21H20BrNO5/c1-4-9-23-17-8-5-13(22)10-16(17)21(26,20(23)25)12-18(24)15-7-6-14(27-2)11-19(15)28-3/h4-8,10-11,26H,1,9,12H2,2-3H3/t21-/m1/s1. The van der Waals surface area contributed by atoms with Gasteiger partial charge in [-0.3, -0.25) is 9.59 Å². The summed E-state index contributed by atoms with van der Waals surface area (Å²) in [7, 11) is 2.96. The number of Topliss-reactive ketones (excluding diaryl/α,β-unsaturated/α-hetero) is 1. The van der Waals surface area contributed by atoms with Gasteiger partial charge >= 0.3 is 0 Å². The first kappa shape index (κ1) is 20.1. The lowest BCUT2D eigenvalue weighted by atomic mass is 9.88. The molecule has 1 aliphatic rings. The minimum Gasteiger partial charge on any atom is -0.497 e.